The number of esters is 1. The molecule has 68 valence electrons. The quantitative estimate of drug-likeness (QED) is 0.551. The molecule has 0 bridgehead atoms. The molecule has 0 fully saturated rings. The van der Waals surface area contributed by atoms with Gasteiger partial charge in [-0.3, -0.25) is 9.79 Å². The molecule has 12 heavy (non-hydrogen) atoms. The summed E-state index contributed by atoms with van der Waals surface area (Å²) in [5, 5.41) is 0. The van der Waals surface area contributed by atoms with E-state index in [-0.39, 0.29) is 12.5 Å². The fourth-order valence-corrected chi connectivity index (χ4v) is 1.05. The Hall–Kier alpha value is -1.26. The Balaban J connectivity index is 2.45. The summed E-state index contributed by atoms with van der Waals surface area (Å²) in [5.74, 6) is 0.154. The monoisotopic (exact) mass is 171 g/mol. The molecule has 0 aromatic rings. The van der Waals surface area contributed by atoms with Crippen LogP contribution in [0, 0.1) is 0 Å². The fourth-order valence-electron chi connectivity index (χ4n) is 1.05. The lowest BCUT2D eigenvalue weighted by Crippen LogP contribution is -2.44. The number of carbonyl (C=O) groups is 1. The third kappa shape index (κ3) is 2.11. The van der Waals surface area contributed by atoms with Crippen molar-refractivity contribution in [2.45, 2.75) is 6.42 Å². The molecule has 1 aliphatic rings. The molecule has 0 spiro atoms. The highest BCUT2D eigenvalue weighted by Crippen LogP contribution is 1.99. The van der Waals surface area contributed by atoms with Crippen LogP contribution in [0.15, 0.2) is 4.99 Å². The Bertz CT molecular complexity index is 203. The number of ether oxygens (including phenoxy) is 1. The van der Waals surface area contributed by atoms with E-state index in [1.807, 2.05) is 0 Å². The Labute approximate surface area is 71.2 Å². The van der Waals surface area contributed by atoms with Crippen LogP contribution in [0.4, 0.5) is 0 Å². The molecule has 0 atom stereocenters. The maximum atomic E-state index is 10.9. The third-order valence-electron chi connectivity index (χ3n) is 1.73. The summed E-state index contributed by atoms with van der Waals surface area (Å²) in [5.41, 5.74) is 5.55. The lowest BCUT2D eigenvalue weighted by Gasteiger charge is -2.25. The number of aliphatic imine (C=N–C) groups is 1. The average molecular weight is 171 g/mol. The Morgan fingerprint density at radius 3 is 3.17 bits per heavy atom. The van der Waals surface area contributed by atoms with E-state index in [9.17, 15) is 4.79 Å². The predicted octanol–water partition coefficient (Wildman–Crippen LogP) is -0.820. The van der Waals surface area contributed by atoms with Crippen molar-refractivity contribution in [3.8, 4) is 0 Å². The van der Waals surface area contributed by atoms with Crippen molar-refractivity contribution in [2.24, 2.45) is 10.7 Å². The fraction of sp³-hybridized carbons (Fsp3) is 0.714. The van der Waals surface area contributed by atoms with Crippen molar-refractivity contribution >= 4 is 11.9 Å². The smallest absolute Gasteiger partial charge is 0.325 e. The lowest BCUT2D eigenvalue weighted by atomic mass is 10.3. The first-order valence-corrected chi connectivity index (χ1v) is 3.85. The van der Waals surface area contributed by atoms with Crippen molar-refractivity contribution in [1.29, 1.82) is 0 Å². The van der Waals surface area contributed by atoms with Crippen molar-refractivity contribution in [2.75, 3.05) is 26.7 Å². The minimum absolute atomic E-state index is 0.200. The molecule has 0 radical (unpaired) electrons. The first-order valence-electron chi connectivity index (χ1n) is 3.85. The summed E-state index contributed by atoms with van der Waals surface area (Å²) in [7, 11) is 1.36. The van der Waals surface area contributed by atoms with Gasteiger partial charge in [-0.15, -0.1) is 0 Å². The molecule has 0 unspecified atom stereocenters. The van der Waals surface area contributed by atoms with Gasteiger partial charge in [-0.25, -0.2) is 0 Å². The van der Waals surface area contributed by atoms with Gasteiger partial charge in [0.2, 0.25) is 0 Å². The number of carbonyl (C=O) groups excluding carboxylic acids is 1. The van der Waals surface area contributed by atoms with Gasteiger partial charge in [-0.2, -0.15) is 0 Å². The van der Waals surface area contributed by atoms with Gasteiger partial charge in [0, 0.05) is 13.1 Å². The predicted molar refractivity (Wildman–Crippen MR) is 44.7 cm³/mol. The highest BCUT2D eigenvalue weighted by molar-refractivity contribution is 5.83. The number of methoxy groups -OCH3 is 1. The molecule has 5 heteroatoms. The van der Waals surface area contributed by atoms with Gasteiger partial charge in [-0.1, -0.05) is 0 Å². The normalized spacial score (nSPS) is 17.1. The summed E-state index contributed by atoms with van der Waals surface area (Å²) < 4.78 is 4.51. The molecule has 0 aromatic heterocycles. The molecule has 0 amide bonds. The molecule has 0 saturated carbocycles. The lowest BCUT2D eigenvalue weighted by molar-refractivity contribution is -0.141. The number of hydrogen-bond acceptors (Lipinski definition) is 5. The minimum atomic E-state index is -0.282. The maximum Gasteiger partial charge on any atom is 0.325 e. The third-order valence-corrected chi connectivity index (χ3v) is 1.73. The molecule has 0 aliphatic carbocycles. The molecule has 1 aliphatic heterocycles. The summed E-state index contributed by atoms with van der Waals surface area (Å²) >= 11 is 0. The number of hydrogen-bond donors (Lipinski definition) is 1. The van der Waals surface area contributed by atoms with Crippen LogP contribution in [-0.2, 0) is 9.53 Å². The van der Waals surface area contributed by atoms with Gasteiger partial charge >= 0.3 is 5.97 Å². The molecule has 2 N–H and O–H groups in total. The van der Waals surface area contributed by atoms with Crippen LogP contribution in [0.1, 0.15) is 6.42 Å². The van der Waals surface area contributed by atoms with E-state index in [0.29, 0.717) is 5.96 Å². The number of nitrogens with two attached hydrogens (primary N) is 1. The molecular formula is C7H13N3O2. The van der Waals surface area contributed by atoms with Gasteiger partial charge in [-0.05, 0) is 6.42 Å². The highest BCUT2D eigenvalue weighted by atomic mass is 16.5. The van der Waals surface area contributed by atoms with E-state index < -0.39 is 0 Å². The standard InChI is InChI=1S/C7H13N3O2/c1-12-6(11)5-10-4-2-3-9-7(10)8/h2-5H2,1H3,(H2,8,9). The molecular weight excluding hydrogens is 158 g/mol. The largest absolute Gasteiger partial charge is 0.468 e. The second-order valence-corrected chi connectivity index (χ2v) is 2.59. The van der Waals surface area contributed by atoms with E-state index in [2.05, 4.69) is 9.73 Å². The van der Waals surface area contributed by atoms with Gasteiger partial charge in [0.25, 0.3) is 0 Å². The maximum absolute atomic E-state index is 10.9. The molecule has 1 rings (SSSR count). The van der Waals surface area contributed by atoms with Gasteiger partial charge in [0.05, 0.1) is 7.11 Å². The van der Waals surface area contributed by atoms with E-state index in [4.69, 9.17) is 5.73 Å². The molecule has 0 aromatic carbocycles. The Morgan fingerprint density at radius 2 is 2.58 bits per heavy atom. The minimum Gasteiger partial charge on any atom is -0.468 e. The van der Waals surface area contributed by atoms with Gasteiger partial charge in [0.1, 0.15) is 6.54 Å². The highest BCUT2D eigenvalue weighted by Gasteiger charge is 2.15. The number of nitrogens with zero attached hydrogens (tertiary/aromatic N) is 2. The summed E-state index contributed by atoms with van der Waals surface area (Å²) in [6.07, 6.45) is 0.942. The first-order chi connectivity index (χ1) is 5.74. The van der Waals surface area contributed by atoms with Crippen LogP contribution in [0.25, 0.3) is 0 Å². The van der Waals surface area contributed by atoms with Crippen LogP contribution in [0.3, 0.4) is 0 Å². The van der Waals surface area contributed by atoms with Crippen LogP contribution >= 0.6 is 0 Å². The van der Waals surface area contributed by atoms with Gasteiger partial charge < -0.3 is 15.4 Å². The Kier molecular flexibility index (Phi) is 2.90. The van der Waals surface area contributed by atoms with E-state index in [1.165, 1.54) is 7.11 Å². The summed E-state index contributed by atoms with van der Waals surface area (Å²) in [6.45, 7) is 1.74. The van der Waals surface area contributed by atoms with Crippen molar-refractivity contribution in [3.63, 3.8) is 0 Å². The molecule has 1 heterocycles. The van der Waals surface area contributed by atoms with Gasteiger partial charge in [0.15, 0.2) is 5.96 Å². The summed E-state index contributed by atoms with van der Waals surface area (Å²) in [4.78, 5) is 16.6. The van der Waals surface area contributed by atoms with E-state index in [1.54, 1.807) is 4.90 Å². The van der Waals surface area contributed by atoms with E-state index >= 15 is 0 Å². The number of rotatable bonds is 2. The summed E-state index contributed by atoms with van der Waals surface area (Å²) in [6, 6.07) is 0. The topological polar surface area (TPSA) is 67.9 Å². The van der Waals surface area contributed by atoms with Crippen LogP contribution in [0.5, 0.6) is 0 Å². The van der Waals surface area contributed by atoms with Crippen molar-refractivity contribution < 1.29 is 9.53 Å². The zero-order chi connectivity index (χ0) is 8.97. The SMILES string of the molecule is COC(=O)CN1CCCN=C1N. The second kappa shape index (κ2) is 3.94. The van der Waals surface area contributed by atoms with Crippen molar-refractivity contribution in [3.05, 3.63) is 0 Å². The average Bonchev–Trinajstić information content (AvgIpc) is 2.09. The first kappa shape index (κ1) is 8.83. The van der Waals surface area contributed by atoms with Crippen LogP contribution in [0.2, 0.25) is 0 Å². The van der Waals surface area contributed by atoms with E-state index in [0.717, 1.165) is 19.5 Å². The second-order valence-electron chi connectivity index (χ2n) is 2.59. The molecule has 0 saturated heterocycles. The van der Waals surface area contributed by atoms with Crippen LogP contribution in [-0.4, -0.2) is 43.6 Å². The number of guanidine groups is 1. The van der Waals surface area contributed by atoms with Crippen molar-refractivity contribution in [1.82, 2.24) is 4.90 Å². The Morgan fingerprint density at radius 1 is 1.83 bits per heavy atom. The van der Waals surface area contributed by atoms with Crippen LogP contribution < -0.4 is 5.73 Å². The zero-order valence-electron chi connectivity index (χ0n) is 7.12. The zero-order valence-corrected chi connectivity index (χ0v) is 7.12. The molecule has 5 nitrogen and oxygen atoms in total.